The number of hydrogen-bond donors (Lipinski definition) is 1. The van der Waals surface area contributed by atoms with Crippen molar-refractivity contribution in [1.82, 2.24) is 9.55 Å². The minimum absolute atomic E-state index is 0.0258. The first kappa shape index (κ1) is 26.9. The van der Waals surface area contributed by atoms with Gasteiger partial charge in [-0.1, -0.05) is 18.2 Å². The summed E-state index contributed by atoms with van der Waals surface area (Å²) >= 11 is 0. The monoisotopic (exact) mass is 541 g/mol. The summed E-state index contributed by atoms with van der Waals surface area (Å²) < 4.78 is 43.7. The highest BCUT2D eigenvalue weighted by atomic mass is 19.1. The number of pyridine rings is 1. The number of nitrogens with two attached hydrogens (primary N) is 1. The first-order valence-electron chi connectivity index (χ1n) is 12.7. The number of carbonyl (C=O) groups excluding carboxylic acids is 2. The number of amides is 1. The van der Waals surface area contributed by atoms with Gasteiger partial charge in [0.15, 0.2) is 5.78 Å². The number of benzene rings is 3. The molecule has 5 nitrogen and oxygen atoms in total. The molecule has 202 valence electrons. The summed E-state index contributed by atoms with van der Waals surface area (Å²) in [6, 6.07) is 19.9. The van der Waals surface area contributed by atoms with Crippen LogP contribution in [-0.4, -0.2) is 21.2 Å². The standard InChI is InChI=1S/C32H26F3N3O2/c1-19-10-23-15-25(33)7-8-30(23)38(19)18-28(39)16-24(11-20-12-26(34)17-27(35)13-20)31-29(6-3-9-37-31)21-4-2-5-22(14-21)32(36)40/h2-10,12-15,17,24H,11,16,18H2,1H3,(H2,36,40)/t24-/m1/s1. The number of carbonyl (C=O) groups is 2. The van der Waals surface area contributed by atoms with Gasteiger partial charge < -0.3 is 10.3 Å². The molecule has 3 aromatic carbocycles. The van der Waals surface area contributed by atoms with Gasteiger partial charge in [-0.25, -0.2) is 13.2 Å². The van der Waals surface area contributed by atoms with Gasteiger partial charge in [-0.05, 0) is 79.1 Å². The molecule has 0 aliphatic heterocycles. The molecule has 2 heterocycles. The van der Waals surface area contributed by atoms with Gasteiger partial charge in [0.1, 0.15) is 17.5 Å². The van der Waals surface area contributed by atoms with E-state index in [0.29, 0.717) is 33.3 Å². The zero-order valence-corrected chi connectivity index (χ0v) is 21.7. The smallest absolute Gasteiger partial charge is 0.248 e. The van der Waals surface area contributed by atoms with E-state index in [9.17, 15) is 22.8 Å². The molecule has 1 atom stereocenters. The van der Waals surface area contributed by atoms with Crippen molar-refractivity contribution in [2.24, 2.45) is 5.73 Å². The molecule has 5 aromatic rings. The van der Waals surface area contributed by atoms with Gasteiger partial charge in [-0.3, -0.25) is 14.6 Å². The van der Waals surface area contributed by atoms with Gasteiger partial charge in [0, 0.05) is 52.3 Å². The summed E-state index contributed by atoms with van der Waals surface area (Å²) in [7, 11) is 0. The van der Waals surface area contributed by atoms with E-state index in [-0.39, 0.29) is 31.0 Å². The molecule has 0 unspecified atom stereocenters. The molecule has 2 N–H and O–H groups in total. The molecule has 5 rings (SSSR count). The molecule has 0 saturated heterocycles. The minimum atomic E-state index is -0.711. The Labute approximate surface area is 229 Å². The fourth-order valence-electron chi connectivity index (χ4n) is 5.21. The van der Waals surface area contributed by atoms with Crippen LogP contribution in [-0.2, 0) is 17.8 Å². The number of rotatable bonds is 9. The highest BCUT2D eigenvalue weighted by molar-refractivity contribution is 5.94. The number of aryl methyl sites for hydroxylation is 1. The quantitative estimate of drug-likeness (QED) is 0.231. The zero-order valence-electron chi connectivity index (χ0n) is 21.7. The Morgan fingerprint density at radius 1 is 0.900 bits per heavy atom. The van der Waals surface area contributed by atoms with Crippen LogP contribution in [0.1, 0.15) is 39.6 Å². The molecule has 0 spiro atoms. The second-order valence-corrected chi connectivity index (χ2v) is 9.88. The van der Waals surface area contributed by atoms with Gasteiger partial charge in [0.05, 0.1) is 12.2 Å². The highest BCUT2D eigenvalue weighted by Crippen LogP contribution is 2.33. The second kappa shape index (κ2) is 11.2. The Hall–Kier alpha value is -4.72. The van der Waals surface area contributed by atoms with Crippen molar-refractivity contribution in [3.05, 3.63) is 125 Å². The van der Waals surface area contributed by atoms with Crippen molar-refractivity contribution >= 4 is 22.6 Å². The van der Waals surface area contributed by atoms with E-state index in [1.54, 1.807) is 36.5 Å². The molecule has 8 heteroatoms. The number of halogens is 3. The molecule has 0 aliphatic rings. The fraction of sp³-hybridized carbons (Fsp3) is 0.156. The average Bonchev–Trinajstić information content (AvgIpc) is 3.21. The minimum Gasteiger partial charge on any atom is -0.366 e. The average molecular weight is 542 g/mol. The summed E-state index contributed by atoms with van der Waals surface area (Å²) in [5.41, 5.74) is 9.64. The predicted octanol–water partition coefficient (Wildman–Crippen LogP) is 6.51. The first-order valence-corrected chi connectivity index (χ1v) is 12.7. The van der Waals surface area contributed by atoms with Gasteiger partial charge >= 0.3 is 0 Å². The molecular formula is C32H26F3N3O2. The Morgan fingerprint density at radius 2 is 1.68 bits per heavy atom. The highest BCUT2D eigenvalue weighted by Gasteiger charge is 2.23. The lowest BCUT2D eigenvalue weighted by Gasteiger charge is -2.20. The molecule has 0 saturated carbocycles. The largest absolute Gasteiger partial charge is 0.366 e. The maximum Gasteiger partial charge on any atom is 0.248 e. The van der Waals surface area contributed by atoms with Crippen LogP contribution in [0.3, 0.4) is 0 Å². The van der Waals surface area contributed by atoms with Crippen molar-refractivity contribution in [1.29, 1.82) is 0 Å². The number of primary amides is 1. The first-order chi connectivity index (χ1) is 19.2. The number of nitrogens with zero attached hydrogens (tertiary/aromatic N) is 2. The third kappa shape index (κ3) is 5.81. The van der Waals surface area contributed by atoms with Crippen LogP contribution in [0.4, 0.5) is 13.2 Å². The van der Waals surface area contributed by atoms with E-state index in [2.05, 4.69) is 4.98 Å². The summed E-state index contributed by atoms with van der Waals surface area (Å²) in [4.78, 5) is 29.9. The molecule has 0 aliphatic carbocycles. The molecular weight excluding hydrogens is 515 g/mol. The van der Waals surface area contributed by atoms with Crippen molar-refractivity contribution in [3.63, 3.8) is 0 Å². The van der Waals surface area contributed by atoms with Crippen LogP contribution < -0.4 is 5.73 Å². The van der Waals surface area contributed by atoms with Gasteiger partial charge in [-0.2, -0.15) is 0 Å². The number of ketones is 1. The van der Waals surface area contributed by atoms with Crippen LogP contribution in [0.2, 0.25) is 0 Å². The molecule has 1 amide bonds. The van der Waals surface area contributed by atoms with E-state index < -0.39 is 23.5 Å². The van der Waals surface area contributed by atoms with Crippen LogP contribution >= 0.6 is 0 Å². The van der Waals surface area contributed by atoms with E-state index >= 15 is 0 Å². The lowest BCUT2D eigenvalue weighted by atomic mass is 9.86. The molecule has 40 heavy (non-hydrogen) atoms. The maximum atomic E-state index is 14.1. The zero-order chi connectivity index (χ0) is 28.4. The number of fused-ring (bicyclic) bond motifs is 1. The van der Waals surface area contributed by atoms with Gasteiger partial charge in [-0.15, -0.1) is 0 Å². The van der Waals surface area contributed by atoms with E-state index in [1.165, 1.54) is 24.3 Å². The number of hydrogen-bond acceptors (Lipinski definition) is 3. The van der Waals surface area contributed by atoms with Crippen LogP contribution in [0.15, 0.2) is 85.1 Å². The van der Waals surface area contributed by atoms with Gasteiger partial charge in [0.2, 0.25) is 5.91 Å². The number of aromatic nitrogens is 2. The van der Waals surface area contributed by atoms with E-state index in [0.717, 1.165) is 17.3 Å². The van der Waals surface area contributed by atoms with E-state index in [1.807, 2.05) is 29.7 Å². The summed E-state index contributed by atoms with van der Waals surface area (Å²) in [5.74, 6) is -3.03. The predicted molar refractivity (Wildman–Crippen MR) is 147 cm³/mol. The normalized spacial score (nSPS) is 12.0. The lowest BCUT2D eigenvalue weighted by molar-refractivity contribution is -0.120. The van der Waals surface area contributed by atoms with Crippen molar-refractivity contribution in [3.8, 4) is 11.1 Å². The Kier molecular flexibility index (Phi) is 7.51. The topological polar surface area (TPSA) is 78.0 Å². The van der Waals surface area contributed by atoms with Crippen molar-refractivity contribution in [2.45, 2.75) is 32.2 Å². The molecule has 0 radical (unpaired) electrons. The third-order valence-corrected chi connectivity index (χ3v) is 6.97. The lowest BCUT2D eigenvalue weighted by Crippen LogP contribution is -2.17. The summed E-state index contributed by atoms with van der Waals surface area (Å²) in [5, 5.41) is 0.693. The fourth-order valence-corrected chi connectivity index (χ4v) is 5.21. The molecule has 0 bridgehead atoms. The third-order valence-electron chi connectivity index (χ3n) is 6.97. The van der Waals surface area contributed by atoms with Crippen molar-refractivity contribution in [2.75, 3.05) is 0 Å². The van der Waals surface area contributed by atoms with Crippen LogP contribution in [0.5, 0.6) is 0 Å². The molecule has 2 aromatic heterocycles. The van der Waals surface area contributed by atoms with E-state index in [4.69, 9.17) is 5.73 Å². The van der Waals surface area contributed by atoms with Crippen LogP contribution in [0, 0.1) is 24.4 Å². The Balaban J connectivity index is 1.53. The SMILES string of the molecule is Cc1cc2cc(F)ccc2n1CC(=O)C[C@@H](Cc1cc(F)cc(F)c1)c1ncccc1-c1cccc(C(N)=O)c1. The number of Topliss-reactive ketones (excluding diaryl/α,β-unsaturated/α-hetero) is 1. The Morgan fingerprint density at radius 3 is 2.42 bits per heavy atom. The van der Waals surface area contributed by atoms with Crippen molar-refractivity contribution < 1.29 is 22.8 Å². The molecule has 0 fully saturated rings. The van der Waals surface area contributed by atoms with Crippen LogP contribution in [0.25, 0.3) is 22.0 Å². The summed E-state index contributed by atoms with van der Waals surface area (Å²) in [6.07, 6.45) is 1.77. The van der Waals surface area contributed by atoms with Gasteiger partial charge in [0.25, 0.3) is 0 Å². The maximum absolute atomic E-state index is 14.1. The summed E-state index contributed by atoms with van der Waals surface area (Å²) in [6.45, 7) is 1.88. The Bertz CT molecular complexity index is 1730. The second-order valence-electron chi connectivity index (χ2n) is 9.88.